The summed E-state index contributed by atoms with van der Waals surface area (Å²) in [5, 5.41) is 7.98. The van der Waals surface area contributed by atoms with E-state index in [2.05, 4.69) is 15.5 Å². The summed E-state index contributed by atoms with van der Waals surface area (Å²) in [5.74, 6) is 0.504. The highest BCUT2D eigenvalue weighted by molar-refractivity contribution is 6.42. The lowest BCUT2D eigenvalue weighted by molar-refractivity contribution is -0.118. The zero-order chi connectivity index (χ0) is 17.3. The van der Waals surface area contributed by atoms with Crippen LogP contribution in [0.5, 0.6) is 0 Å². The second-order valence-corrected chi connectivity index (χ2v) is 6.69. The second-order valence-electron chi connectivity index (χ2n) is 5.87. The lowest BCUT2D eigenvalue weighted by Gasteiger charge is -2.16. The Kier molecular flexibility index (Phi) is 6.68. The van der Waals surface area contributed by atoms with Gasteiger partial charge in [-0.25, -0.2) is 0 Å². The summed E-state index contributed by atoms with van der Waals surface area (Å²) in [7, 11) is 1.88. The Hall–Kier alpha value is -1.34. The van der Waals surface area contributed by atoms with Crippen LogP contribution in [0.2, 0.25) is 10.0 Å². The molecule has 1 aliphatic rings. The highest BCUT2D eigenvalue weighted by Crippen LogP contribution is 2.34. The van der Waals surface area contributed by atoms with Crippen molar-refractivity contribution >= 4 is 47.2 Å². The molecule has 1 amide bonds. The molecule has 0 radical (unpaired) electrons. The Morgan fingerprint density at radius 2 is 2.16 bits per heavy atom. The number of nitrogens with one attached hydrogen (secondary N) is 1. The Morgan fingerprint density at radius 3 is 2.84 bits per heavy atom. The third kappa shape index (κ3) is 4.26. The normalized spacial score (nSPS) is 18.3. The molecule has 0 spiro atoms. The van der Waals surface area contributed by atoms with Crippen molar-refractivity contribution in [2.24, 2.45) is 0 Å². The summed E-state index contributed by atoms with van der Waals surface area (Å²) in [4.78, 5) is 18.8. The van der Waals surface area contributed by atoms with Crippen molar-refractivity contribution in [1.29, 1.82) is 0 Å². The summed E-state index contributed by atoms with van der Waals surface area (Å²) in [6, 6.07) is 5.40. The third-order valence-electron chi connectivity index (χ3n) is 4.18. The molecule has 9 heteroatoms. The number of amides is 1. The second kappa shape index (κ2) is 8.36. The molecule has 2 heterocycles. The van der Waals surface area contributed by atoms with Crippen LogP contribution in [-0.2, 0) is 11.2 Å². The van der Waals surface area contributed by atoms with Gasteiger partial charge in [-0.15, -0.1) is 12.4 Å². The molecule has 25 heavy (non-hydrogen) atoms. The van der Waals surface area contributed by atoms with Crippen LogP contribution in [0.15, 0.2) is 22.7 Å². The van der Waals surface area contributed by atoms with Crippen molar-refractivity contribution in [2.75, 3.05) is 18.5 Å². The first-order valence-corrected chi connectivity index (χ1v) is 8.51. The first kappa shape index (κ1) is 20.0. The SMILES string of the molecule is CNC(C)Cc1noc(C2CCN(c3ccc(Cl)c(Cl)c3)C2=O)n1.Cl. The van der Waals surface area contributed by atoms with Crippen LogP contribution in [0.1, 0.15) is 31.0 Å². The molecule has 1 N–H and O–H groups in total. The molecule has 1 saturated heterocycles. The van der Waals surface area contributed by atoms with E-state index in [1.165, 1.54) is 0 Å². The van der Waals surface area contributed by atoms with Gasteiger partial charge in [0.05, 0.1) is 10.0 Å². The molecule has 136 valence electrons. The van der Waals surface area contributed by atoms with E-state index < -0.39 is 5.92 Å². The summed E-state index contributed by atoms with van der Waals surface area (Å²) in [6.45, 7) is 2.61. The minimum Gasteiger partial charge on any atom is -0.338 e. The molecule has 3 rings (SSSR count). The van der Waals surface area contributed by atoms with E-state index in [9.17, 15) is 4.79 Å². The van der Waals surface area contributed by atoms with Crippen LogP contribution in [0.4, 0.5) is 5.69 Å². The van der Waals surface area contributed by atoms with Gasteiger partial charge in [0.15, 0.2) is 5.82 Å². The maximum Gasteiger partial charge on any atom is 0.239 e. The highest BCUT2D eigenvalue weighted by Gasteiger charge is 2.37. The zero-order valence-electron chi connectivity index (χ0n) is 13.8. The number of nitrogens with zero attached hydrogens (tertiary/aromatic N) is 3. The molecule has 1 aromatic carbocycles. The molecule has 0 bridgehead atoms. The molecular formula is C16H19Cl3N4O2. The van der Waals surface area contributed by atoms with Gasteiger partial charge in [-0.05, 0) is 38.6 Å². The van der Waals surface area contributed by atoms with Crippen molar-refractivity contribution < 1.29 is 9.32 Å². The van der Waals surface area contributed by atoms with Gasteiger partial charge in [-0.3, -0.25) is 4.79 Å². The molecule has 2 aromatic rings. The fraction of sp³-hybridized carbons (Fsp3) is 0.438. The highest BCUT2D eigenvalue weighted by atomic mass is 35.5. The fourth-order valence-corrected chi connectivity index (χ4v) is 2.98. The number of rotatable bonds is 5. The van der Waals surface area contributed by atoms with Gasteiger partial charge in [-0.1, -0.05) is 28.4 Å². The molecule has 1 aliphatic heterocycles. The first-order valence-electron chi connectivity index (χ1n) is 7.75. The van der Waals surface area contributed by atoms with Gasteiger partial charge >= 0.3 is 0 Å². The van der Waals surface area contributed by atoms with Crippen molar-refractivity contribution in [3.8, 4) is 0 Å². The number of benzene rings is 1. The lowest BCUT2D eigenvalue weighted by Crippen LogP contribution is -2.26. The Balaban J connectivity index is 0.00000225. The zero-order valence-corrected chi connectivity index (χ0v) is 16.2. The quantitative estimate of drug-likeness (QED) is 0.824. The minimum atomic E-state index is -0.411. The van der Waals surface area contributed by atoms with Crippen molar-refractivity contribution in [2.45, 2.75) is 31.7 Å². The van der Waals surface area contributed by atoms with Crippen LogP contribution < -0.4 is 10.2 Å². The van der Waals surface area contributed by atoms with Crippen LogP contribution in [0.25, 0.3) is 0 Å². The average molecular weight is 406 g/mol. The summed E-state index contributed by atoms with van der Waals surface area (Å²) in [6.07, 6.45) is 1.28. The largest absolute Gasteiger partial charge is 0.338 e. The van der Waals surface area contributed by atoms with E-state index in [0.717, 1.165) is 5.69 Å². The van der Waals surface area contributed by atoms with Crippen LogP contribution >= 0.6 is 35.6 Å². The van der Waals surface area contributed by atoms with Gasteiger partial charge in [-0.2, -0.15) is 4.98 Å². The molecule has 0 aliphatic carbocycles. The first-order chi connectivity index (χ1) is 11.5. The Bertz CT molecular complexity index is 753. The van der Waals surface area contributed by atoms with Crippen LogP contribution in [-0.4, -0.2) is 35.7 Å². The van der Waals surface area contributed by atoms with Gasteiger partial charge in [0.2, 0.25) is 11.8 Å². The minimum absolute atomic E-state index is 0. The summed E-state index contributed by atoms with van der Waals surface area (Å²) in [5.41, 5.74) is 0.723. The van der Waals surface area contributed by atoms with Crippen molar-refractivity contribution in [3.05, 3.63) is 40.0 Å². The summed E-state index contributed by atoms with van der Waals surface area (Å²) < 4.78 is 5.31. The van der Waals surface area contributed by atoms with Gasteiger partial charge < -0.3 is 14.7 Å². The van der Waals surface area contributed by atoms with Crippen molar-refractivity contribution in [1.82, 2.24) is 15.5 Å². The predicted octanol–water partition coefficient (Wildman–Crippen LogP) is 3.47. The Morgan fingerprint density at radius 1 is 1.40 bits per heavy atom. The van der Waals surface area contributed by atoms with E-state index >= 15 is 0 Å². The maximum absolute atomic E-state index is 12.7. The smallest absolute Gasteiger partial charge is 0.239 e. The van der Waals surface area contributed by atoms with Crippen molar-refractivity contribution in [3.63, 3.8) is 0 Å². The fourth-order valence-electron chi connectivity index (χ4n) is 2.69. The molecule has 2 unspecified atom stereocenters. The molecule has 6 nitrogen and oxygen atoms in total. The topological polar surface area (TPSA) is 71.3 Å². The summed E-state index contributed by atoms with van der Waals surface area (Å²) >= 11 is 12.0. The van der Waals surface area contributed by atoms with Crippen LogP contribution in [0.3, 0.4) is 0 Å². The average Bonchev–Trinajstić information content (AvgIpc) is 3.16. The monoisotopic (exact) mass is 404 g/mol. The van der Waals surface area contributed by atoms with Gasteiger partial charge in [0.1, 0.15) is 5.92 Å². The number of anilines is 1. The van der Waals surface area contributed by atoms with Gasteiger partial charge in [0, 0.05) is 24.7 Å². The molecule has 1 fully saturated rings. The number of hydrogen-bond donors (Lipinski definition) is 1. The lowest BCUT2D eigenvalue weighted by atomic mass is 10.1. The number of aromatic nitrogens is 2. The van der Waals surface area contributed by atoms with E-state index in [4.69, 9.17) is 27.7 Å². The number of hydrogen-bond acceptors (Lipinski definition) is 5. The number of halogens is 3. The van der Waals surface area contributed by atoms with E-state index in [1.807, 2.05) is 14.0 Å². The standard InChI is InChI=1S/C16H18Cl2N4O2.ClH/c1-9(19-2)7-14-20-15(24-21-14)11-5-6-22(16(11)23)10-3-4-12(17)13(18)8-10;/h3-4,8-9,11,19H,5-7H2,1-2H3;1H. The maximum atomic E-state index is 12.7. The number of carbonyl (C=O) groups excluding carboxylic acids is 1. The number of carbonyl (C=O) groups is 1. The predicted molar refractivity (Wildman–Crippen MR) is 99.9 cm³/mol. The molecule has 2 atom stereocenters. The molecule has 1 aromatic heterocycles. The Labute approximate surface area is 162 Å². The number of likely N-dealkylation sites (N-methyl/N-ethyl adjacent to an activating group) is 1. The van der Waals surface area contributed by atoms with E-state index in [-0.39, 0.29) is 24.4 Å². The van der Waals surface area contributed by atoms with Crippen LogP contribution in [0, 0.1) is 0 Å². The molecular weight excluding hydrogens is 387 g/mol. The van der Waals surface area contributed by atoms with E-state index in [1.54, 1.807) is 23.1 Å². The molecule has 0 saturated carbocycles. The van der Waals surface area contributed by atoms with E-state index in [0.29, 0.717) is 41.1 Å². The third-order valence-corrected chi connectivity index (χ3v) is 4.92. The van der Waals surface area contributed by atoms with Gasteiger partial charge in [0.25, 0.3) is 0 Å².